The number of amides is 1. The molecule has 1 saturated heterocycles. The van der Waals surface area contributed by atoms with Gasteiger partial charge in [-0.2, -0.15) is 9.41 Å². The van der Waals surface area contributed by atoms with Gasteiger partial charge in [0.05, 0.1) is 16.5 Å². The molecule has 0 bridgehead atoms. The Morgan fingerprint density at radius 1 is 1.22 bits per heavy atom. The van der Waals surface area contributed by atoms with Crippen LogP contribution in [-0.2, 0) is 14.8 Å². The quantitative estimate of drug-likeness (QED) is 0.629. The van der Waals surface area contributed by atoms with Gasteiger partial charge >= 0.3 is 0 Å². The standard InChI is InChI=1S/C19H22N4O3S/c1-15(16-7-5-11-20-13-16)21-22-19(24)17-8-6-12-23(14-17)27(25,26)18-9-3-2-4-10-18/h2-5,7,9-11,13,17H,6,8,12,14H2,1H3,(H,22,24)/b21-15-. The first kappa shape index (κ1) is 19.2. The highest BCUT2D eigenvalue weighted by Gasteiger charge is 2.33. The zero-order chi connectivity index (χ0) is 19.3. The lowest BCUT2D eigenvalue weighted by Crippen LogP contribution is -2.44. The van der Waals surface area contributed by atoms with Crippen LogP contribution in [0.25, 0.3) is 0 Å². The van der Waals surface area contributed by atoms with Crippen LogP contribution in [0.4, 0.5) is 0 Å². The van der Waals surface area contributed by atoms with E-state index in [0.29, 0.717) is 25.1 Å². The fourth-order valence-corrected chi connectivity index (χ4v) is 4.53. The molecule has 0 radical (unpaired) electrons. The van der Waals surface area contributed by atoms with Crippen LogP contribution < -0.4 is 5.43 Å². The molecule has 1 fully saturated rings. The smallest absolute Gasteiger partial charge is 0.244 e. The molecule has 0 saturated carbocycles. The van der Waals surface area contributed by atoms with E-state index in [9.17, 15) is 13.2 Å². The molecule has 0 spiro atoms. The highest BCUT2D eigenvalue weighted by molar-refractivity contribution is 7.89. The summed E-state index contributed by atoms with van der Waals surface area (Å²) in [7, 11) is -3.59. The van der Waals surface area contributed by atoms with Gasteiger partial charge in [-0.05, 0) is 38.0 Å². The molecule has 0 aliphatic carbocycles. The lowest BCUT2D eigenvalue weighted by molar-refractivity contribution is -0.126. The number of nitrogens with zero attached hydrogens (tertiary/aromatic N) is 3. The van der Waals surface area contributed by atoms with Crippen LogP contribution in [0.2, 0.25) is 0 Å². The zero-order valence-electron chi connectivity index (χ0n) is 15.1. The fourth-order valence-electron chi connectivity index (χ4n) is 2.99. The van der Waals surface area contributed by atoms with Gasteiger partial charge in [-0.3, -0.25) is 9.78 Å². The number of pyridine rings is 1. The Bertz CT molecular complexity index is 914. The molecular weight excluding hydrogens is 364 g/mol. The van der Waals surface area contributed by atoms with Crippen LogP contribution in [0.15, 0.2) is 64.9 Å². The van der Waals surface area contributed by atoms with E-state index < -0.39 is 15.9 Å². The van der Waals surface area contributed by atoms with Crippen molar-refractivity contribution >= 4 is 21.6 Å². The Morgan fingerprint density at radius 2 is 2.00 bits per heavy atom. The third-order valence-corrected chi connectivity index (χ3v) is 6.43. The molecule has 1 amide bonds. The number of hydrogen-bond donors (Lipinski definition) is 1. The summed E-state index contributed by atoms with van der Waals surface area (Å²) in [4.78, 5) is 16.8. The molecule has 1 atom stereocenters. The van der Waals surface area contributed by atoms with Crippen molar-refractivity contribution in [3.8, 4) is 0 Å². The third-order valence-electron chi connectivity index (χ3n) is 4.55. The summed E-state index contributed by atoms with van der Waals surface area (Å²) in [6, 6.07) is 11.9. The number of rotatable bonds is 5. The third kappa shape index (κ3) is 4.58. The molecule has 1 N–H and O–H groups in total. The van der Waals surface area contributed by atoms with Gasteiger partial charge < -0.3 is 0 Å². The molecule has 27 heavy (non-hydrogen) atoms. The van der Waals surface area contributed by atoms with Gasteiger partial charge in [-0.1, -0.05) is 24.3 Å². The molecule has 1 aliphatic rings. The number of hydrazone groups is 1. The van der Waals surface area contributed by atoms with E-state index in [-0.39, 0.29) is 17.3 Å². The molecule has 3 rings (SSSR count). The molecule has 8 heteroatoms. The van der Waals surface area contributed by atoms with Crippen molar-refractivity contribution in [2.24, 2.45) is 11.0 Å². The van der Waals surface area contributed by atoms with Crippen LogP contribution in [0, 0.1) is 5.92 Å². The maximum absolute atomic E-state index is 12.8. The lowest BCUT2D eigenvalue weighted by atomic mass is 9.99. The van der Waals surface area contributed by atoms with Gasteiger partial charge in [0, 0.05) is 31.0 Å². The molecular formula is C19H22N4O3S. The summed E-state index contributed by atoms with van der Waals surface area (Å²) in [6.07, 6.45) is 4.60. The van der Waals surface area contributed by atoms with E-state index in [2.05, 4.69) is 15.5 Å². The van der Waals surface area contributed by atoms with E-state index in [4.69, 9.17) is 0 Å². The summed E-state index contributed by atoms with van der Waals surface area (Å²) < 4.78 is 26.9. The Balaban J connectivity index is 1.66. The van der Waals surface area contributed by atoms with Gasteiger partial charge in [0.25, 0.3) is 0 Å². The average Bonchev–Trinajstić information content (AvgIpc) is 2.73. The minimum absolute atomic E-state index is 0.157. The second kappa shape index (κ2) is 8.41. The van der Waals surface area contributed by atoms with Crippen LogP contribution in [0.3, 0.4) is 0 Å². The monoisotopic (exact) mass is 386 g/mol. The van der Waals surface area contributed by atoms with E-state index in [1.54, 1.807) is 55.7 Å². The summed E-state index contributed by atoms with van der Waals surface area (Å²) in [5, 5.41) is 4.12. The Morgan fingerprint density at radius 3 is 2.70 bits per heavy atom. The topological polar surface area (TPSA) is 91.7 Å². The van der Waals surface area contributed by atoms with Crippen molar-refractivity contribution in [3.63, 3.8) is 0 Å². The van der Waals surface area contributed by atoms with Crippen LogP contribution in [0.1, 0.15) is 25.3 Å². The highest BCUT2D eigenvalue weighted by Crippen LogP contribution is 2.23. The van der Waals surface area contributed by atoms with Crippen molar-refractivity contribution in [1.82, 2.24) is 14.7 Å². The maximum Gasteiger partial charge on any atom is 0.244 e. The predicted molar refractivity (Wildman–Crippen MR) is 103 cm³/mol. The largest absolute Gasteiger partial charge is 0.273 e. The van der Waals surface area contributed by atoms with Gasteiger partial charge in [-0.25, -0.2) is 13.8 Å². The number of sulfonamides is 1. The summed E-state index contributed by atoms with van der Waals surface area (Å²) in [6.45, 7) is 2.35. The van der Waals surface area contributed by atoms with E-state index >= 15 is 0 Å². The predicted octanol–water partition coefficient (Wildman–Crippen LogP) is 2.02. The number of nitrogens with one attached hydrogen (secondary N) is 1. The molecule has 2 aromatic rings. The van der Waals surface area contributed by atoms with Gasteiger partial charge in [0.2, 0.25) is 15.9 Å². The Labute approximate surface area is 159 Å². The van der Waals surface area contributed by atoms with Crippen molar-refractivity contribution in [1.29, 1.82) is 0 Å². The lowest BCUT2D eigenvalue weighted by Gasteiger charge is -2.30. The Kier molecular flexibility index (Phi) is 5.98. The molecule has 2 heterocycles. The van der Waals surface area contributed by atoms with Crippen molar-refractivity contribution in [2.45, 2.75) is 24.7 Å². The normalized spacial score (nSPS) is 18.9. The van der Waals surface area contributed by atoms with Crippen molar-refractivity contribution in [3.05, 3.63) is 60.4 Å². The first-order valence-corrected chi connectivity index (χ1v) is 10.2. The SMILES string of the molecule is C/C(=N/NC(=O)C1CCCN(S(=O)(=O)c2ccccc2)C1)c1cccnc1. The van der Waals surface area contributed by atoms with E-state index in [1.165, 1.54) is 4.31 Å². The number of piperidine rings is 1. The summed E-state index contributed by atoms with van der Waals surface area (Å²) in [5.41, 5.74) is 4.02. The van der Waals surface area contributed by atoms with Gasteiger partial charge in [0.1, 0.15) is 0 Å². The molecule has 1 aliphatic heterocycles. The maximum atomic E-state index is 12.8. The number of hydrogen-bond acceptors (Lipinski definition) is 5. The highest BCUT2D eigenvalue weighted by atomic mass is 32.2. The van der Waals surface area contributed by atoms with Crippen LogP contribution in [0.5, 0.6) is 0 Å². The molecule has 1 unspecified atom stereocenters. The minimum Gasteiger partial charge on any atom is -0.273 e. The van der Waals surface area contributed by atoms with Crippen molar-refractivity contribution < 1.29 is 13.2 Å². The van der Waals surface area contributed by atoms with Crippen molar-refractivity contribution in [2.75, 3.05) is 13.1 Å². The number of carbonyl (C=O) groups excluding carboxylic acids is 1. The first-order chi connectivity index (χ1) is 13.0. The Hall–Kier alpha value is -2.58. The zero-order valence-corrected chi connectivity index (χ0v) is 15.9. The van der Waals surface area contributed by atoms with Gasteiger partial charge in [0.15, 0.2) is 0 Å². The molecule has 1 aromatic heterocycles. The van der Waals surface area contributed by atoms with Crippen LogP contribution in [-0.4, -0.2) is 42.4 Å². The first-order valence-electron chi connectivity index (χ1n) is 8.78. The van der Waals surface area contributed by atoms with Crippen LogP contribution >= 0.6 is 0 Å². The van der Waals surface area contributed by atoms with E-state index in [1.807, 2.05) is 6.07 Å². The second-order valence-electron chi connectivity index (χ2n) is 6.43. The minimum atomic E-state index is -3.59. The average molecular weight is 386 g/mol. The number of benzene rings is 1. The number of carbonyl (C=O) groups is 1. The summed E-state index contributed by atoms with van der Waals surface area (Å²) in [5.74, 6) is -0.700. The summed E-state index contributed by atoms with van der Waals surface area (Å²) >= 11 is 0. The number of aromatic nitrogens is 1. The molecule has 7 nitrogen and oxygen atoms in total. The second-order valence-corrected chi connectivity index (χ2v) is 8.37. The molecule has 142 valence electrons. The molecule has 1 aromatic carbocycles. The fraction of sp³-hybridized carbons (Fsp3) is 0.316. The van der Waals surface area contributed by atoms with Gasteiger partial charge in [-0.15, -0.1) is 0 Å². The van der Waals surface area contributed by atoms with E-state index in [0.717, 1.165) is 5.56 Å².